The van der Waals surface area contributed by atoms with Gasteiger partial charge in [-0.25, -0.2) is 4.79 Å². The Morgan fingerprint density at radius 1 is 1.11 bits per heavy atom. The Morgan fingerprint density at radius 2 is 1.86 bits per heavy atom. The van der Waals surface area contributed by atoms with E-state index in [-0.39, 0.29) is 6.54 Å². The number of fused-ring (bicyclic) bond motifs is 2. The molecule has 1 fully saturated rings. The molecule has 2 aromatic heterocycles. The lowest BCUT2D eigenvalue weighted by atomic mass is 9.84. The second-order valence-corrected chi connectivity index (χ2v) is 10.4. The molecular formula is C22H16ClN5O5S2. The van der Waals surface area contributed by atoms with Gasteiger partial charge in [0.15, 0.2) is 0 Å². The number of halogens is 1. The van der Waals surface area contributed by atoms with Gasteiger partial charge in [0.1, 0.15) is 11.8 Å². The average Bonchev–Trinajstić information content (AvgIpc) is 3.27. The highest BCUT2D eigenvalue weighted by atomic mass is 35.5. The van der Waals surface area contributed by atoms with E-state index in [0.29, 0.717) is 31.1 Å². The maximum atomic E-state index is 13.1. The van der Waals surface area contributed by atoms with Crippen LogP contribution in [0.15, 0.2) is 58.6 Å². The molecule has 1 aromatic carbocycles. The second kappa shape index (κ2) is 8.95. The molecule has 0 radical (unpaired) electrons. The van der Waals surface area contributed by atoms with Gasteiger partial charge in [0.2, 0.25) is 11.8 Å². The zero-order valence-electron chi connectivity index (χ0n) is 17.7. The Bertz CT molecular complexity index is 1420. The van der Waals surface area contributed by atoms with Gasteiger partial charge in [-0.3, -0.25) is 28.7 Å². The molecular weight excluding hydrogens is 514 g/mol. The molecule has 1 saturated heterocycles. The van der Waals surface area contributed by atoms with Crippen LogP contribution in [0.25, 0.3) is 0 Å². The van der Waals surface area contributed by atoms with Gasteiger partial charge in [-0.2, -0.15) is 4.90 Å². The van der Waals surface area contributed by atoms with Crippen molar-refractivity contribution in [2.24, 2.45) is 11.7 Å². The topological polar surface area (TPSA) is 144 Å². The van der Waals surface area contributed by atoms with Crippen LogP contribution in [0.1, 0.15) is 16.4 Å². The van der Waals surface area contributed by atoms with Crippen LogP contribution in [0.2, 0.25) is 5.02 Å². The fourth-order valence-corrected chi connectivity index (χ4v) is 7.17. The number of rotatable bonds is 4. The van der Waals surface area contributed by atoms with Crippen molar-refractivity contribution < 1.29 is 19.2 Å². The number of pyridine rings is 1. The fraction of sp³-hybridized carbons (Fsp3) is 0.182. The number of carbonyl (C=O) groups excluding carboxylic acids is 4. The zero-order valence-corrected chi connectivity index (χ0v) is 20.1. The van der Waals surface area contributed by atoms with Crippen LogP contribution >= 0.6 is 34.7 Å². The third-order valence-corrected chi connectivity index (χ3v) is 8.60. The van der Waals surface area contributed by atoms with Gasteiger partial charge < -0.3 is 11.1 Å². The molecule has 4 heterocycles. The number of anilines is 1. The van der Waals surface area contributed by atoms with Gasteiger partial charge >= 0.3 is 10.9 Å². The van der Waals surface area contributed by atoms with Crippen LogP contribution in [0.4, 0.5) is 10.5 Å². The highest BCUT2D eigenvalue weighted by Crippen LogP contribution is 2.53. The Morgan fingerprint density at radius 3 is 2.51 bits per heavy atom. The number of urea groups is 1. The van der Waals surface area contributed by atoms with E-state index in [1.54, 1.807) is 48.8 Å². The first-order valence-corrected chi connectivity index (χ1v) is 12.4. The van der Waals surface area contributed by atoms with Crippen molar-refractivity contribution in [1.82, 2.24) is 14.5 Å². The second-order valence-electron chi connectivity index (χ2n) is 7.86. The summed E-state index contributed by atoms with van der Waals surface area (Å²) in [4.78, 5) is 68.3. The third kappa shape index (κ3) is 4.03. The molecule has 178 valence electrons. The van der Waals surface area contributed by atoms with Crippen molar-refractivity contribution in [1.29, 1.82) is 0 Å². The molecule has 5 amide bonds. The minimum Gasteiger partial charge on any atom is -0.351 e. The molecule has 3 aromatic rings. The Hall–Kier alpha value is -3.48. The summed E-state index contributed by atoms with van der Waals surface area (Å²) >= 11 is 7.76. The van der Waals surface area contributed by atoms with Crippen LogP contribution in [-0.4, -0.2) is 43.5 Å². The van der Waals surface area contributed by atoms with Gasteiger partial charge in [0.05, 0.1) is 10.9 Å². The van der Waals surface area contributed by atoms with Crippen molar-refractivity contribution in [2.45, 2.75) is 22.7 Å². The summed E-state index contributed by atoms with van der Waals surface area (Å²) in [5.41, 5.74) is 6.42. The molecule has 0 unspecified atom stereocenters. The number of nitrogens with one attached hydrogen (secondary N) is 1. The standard InChI is InChI=1S/C22H16ClN5O5S2/c23-11-3-5-12(6-4-11)26-13(29)9-27-20-17(35-22(27)33)14(10-2-1-7-25-8-10)15-16(34-20)19(31)28(18(15)30)21(24)32/h1-8,14-16H,9H2,(H2,24,32)(H,26,29)/t14-,15+,16-/m0/s1. The van der Waals surface area contributed by atoms with E-state index in [2.05, 4.69) is 10.3 Å². The highest BCUT2D eigenvalue weighted by molar-refractivity contribution is 8.00. The predicted molar refractivity (Wildman–Crippen MR) is 129 cm³/mol. The minimum absolute atomic E-state index is 0.306. The number of likely N-dealkylation sites (tertiary alicyclic amines) is 1. The average molecular weight is 530 g/mol. The first-order valence-electron chi connectivity index (χ1n) is 10.3. The number of hydrogen-bond donors (Lipinski definition) is 2. The summed E-state index contributed by atoms with van der Waals surface area (Å²) < 4.78 is 1.28. The van der Waals surface area contributed by atoms with Crippen molar-refractivity contribution in [2.75, 3.05) is 5.32 Å². The van der Waals surface area contributed by atoms with Gasteiger partial charge in [-0.1, -0.05) is 40.8 Å². The Labute approximate surface area is 211 Å². The lowest BCUT2D eigenvalue weighted by molar-refractivity contribution is -0.135. The molecule has 5 rings (SSSR count). The minimum atomic E-state index is -1.15. The van der Waals surface area contributed by atoms with Crippen LogP contribution in [0, 0.1) is 5.92 Å². The monoisotopic (exact) mass is 529 g/mol. The van der Waals surface area contributed by atoms with Crippen LogP contribution in [0.3, 0.4) is 0 Å². The molecule has 3 atom stereocenters. The van der Waals surface area contributed by atoms with Gasteiger partial charge in [0, 0.05) is 33.9 Å². The summed E-state index contributed by atoms with van der Waals surface area (Å²) in [7, 11) is 0. The van der Waals surface area contributed by atoms with E-state index in [1.165, 1.54) is 4.57 Å². The molecule has 0 aliphatic carbocycles. The summed E-state index contributed by atoms with van der Waals surface area (Å²) in [6.45, 7) is -0.306. The number of thiazole rings is 1. The number of carbonyl (C=O) groups is 4. The summed E-state index contributed by atoms with van der Waals surface area (Å²) in [5.74, 6) is -3.56. The maximum Gasteiger partial charge on any atom is 0.328 e. The normalized spacial score (nSPS) is 20.9. The Balaban J connectivity index is 1.55. The van der Waals surface area contributed by atoms with E-state index in [4.69, 9.17) is 17.3 Å². The number of imide groups is 3. The maximum absolute atomic E-state index is 13.1. The first kappa shape index (κ1) is 23.3. The molecule has 0 bridgehead atoms. The summed E-state index contributed by atoms with van der Waals surface area (Å²) in [6.07, 6.45) is 3.11. The number of thioether (sulfide) groups is 1. The van der Waals surface area contributed by atoms with E-state index in [0.717, 1.165) is 23.1 Å². The number of amides is 5. The number of aromatic nitrogens is 2. The number of nitrogens with two attached hydrogens (primary N) is 1. The molecule has 3 N–H and O–H groups in total. The van der Waals surface area contributed by atoms with Crippen LogP contribution < -0.4 is 15.9 Å². The third-order valence-electron chi connectivity index (χ3n) is 5.74. The van der Waals surface area contributed by atoms with E-state index >= 15 is 0 Å². The molecule has 0 saturated carbocycles. The lowest BCUT2D eigenvalue weighted by Crippen LogP contribution is -2.41. The summed E-state index contributed by atoms with van der Waals surface area (Å²) in [5, 5.41) is 2.64. The highest BCUT2D eigenvalue weighted by Gasteiger charge is 2.57. The lowest BCUT2D eigenvalue weighted by Gasteiger charge is -2.30. The van der Waals surface area contributed by atoms with E-state index < -0.39 is 45.7 Å². The van der Waals surface area contributed by atoms with Gasteiger partial charge in [-0.15, -0.1) is 0 Å². The van der Waals surface area contributed by atoms with Crippen molar-refractivity contribution >= 4 is 64.1 Å². The smallest absolute Gasteiger partial charge is 0.328 e. The van der Waals surface area contributed by atoms with Gasteiger partial charge in [-0.05, 0) is 35.9 Å². The van der Waals surface area contributed by atoms with Crippen molar-refractivity contribution in [3.63, 3.8) is 0 Å². The molecule has 2 aliphatic heterocycles. The Kier molecular flexibility index (Phi) is 5.95. The van der Waals surface area contributed by atoms with Crippen molar-refractivity contribution in [3.05, 3.63) is 73.9 Å². The largest absolute Gasteiger partial charge is 0.351 e. The number of nitrogens with zero attached hydrogens (tertiary/aromatic N) is 3. The zero-order chi connectivity index (χ0) is 24.9. The van der Waals surface area contributed by atoms with E-state index in [1.807, 2.05) is 0 Å². The number of hydrogen-bond acceptors (Lipinski definition) is 8. The quantitative estimate of drug-likeness (QED) is 0.493. The molecule has 35 heavy (non-hydrogen) atoms. The number of primary amides is 1. The molecule has 0 spiro atoms. The predicted octanol–water partition coefficient (Wildman–Crippen LogP) is 2.27. The van der Waals surface area contributed by atoms with Crippen molar-refractivity contribution in [3.8, 4) is 0 Å². The fourth-order valence-electron chi connectivity index (χ4n) is 4.27. The number of benzene rings is 1. The molecule has 2 aliphatic rings. The SMILES string of the molecule is NC(=O)N1C(=O)[C@@H]2[C@H](c3cccnc3)c3sc(=O)n(CC(=O)Nc4ccc(Cl)cc4)c3S[C@@H]2C1=O. The summed E-state index contributed by atoms with van der Waals surface area (Å²) in [6, 6.07) is 8.77. The molecule has 10 nitrogen and oxygen atoms in total. The molecule has 13 heteroatoms. The van der Waals surface area contributed by atoms with E-state index in [9.17, 15) is 24.0 Å². The van der Waals surface area contributed by atoms with Crippen LogP contribution in [-0.2, 0) is 20.9 Å². The van der Waals surface area contributed by atoms with Gasteiger partial charge in [0.25, 0.3) is 5.91 Å². The van der Waals surface area contributed by atoms with Crippen LogP contribution in [0.5, 0.6) is 0 Å². The first-order chi connectivity index (χ1) is 16.8.